The van der Waals surface area contributed by atoms with Crippen molar-refractivity contribution in [3.63, 3.8) is 0 Å². The van der Waals surface area contributed by atoms with E-state index >= 15 is 0 Å². The molecule has 25 heavy (non-hydrogen) atoms. The number of methoxy groups -OCH3 is 1. The molecule has 1 heterocycles. The van der Waals surface area contributed by atoms with Crippen molar-refractivity contribution in [1.29, 1.82) is 0 Å². The minimum atomic E-state index is -0.729. The van der Waals surface area contributed by atoms with Crippen LogP contribution in [0.1, 0.15) is 15.9 Å². The topological polar surface area (TPSA) is 75.7 Å². The zero-order valence-electron chi connectivity index (χ0n) is 13.8. The van der Waals surface area contributed by atoms with Gasteiger partial charge in [0.2, 0.25) is 5.91 Å². The van der Waals surface area contributed by atoms with Crippen molar-refractivity contribution in [2.45, 2.75) is 12.5 Å². The summed E-state index contributed by atoms with van der Waals surface area (Å²) in [5.74, 6) is -1.16. The molecule has 1 aliphatic rings. The molecule has 0 fully saturated rings. The predicted molar refractivity (Wildman–Crippen MR) is 92.2 cm³/mol. The second-order valence-corrected chi connectivity index (χ2v) is 5.73. The third kappa shape index (κ3) is 3.52. The van der Waals surface area contributed by atoms with Crippen molar-refractivity contribution >= 4 is 23.5 Å². The van der Waals surface area contributed by atoms with Gasteiger partial charge in [-0.3, -0.25) is 19.3 Å². The Hall–Kier alpha value is -3.15. The molecule has 0 saturated heterocycles. The Balaban J connectivity index is 1.85. The van der Waals surface area contributed by atoms with Gasteiger partial charge in [-0.2, -0.15) is 0 Å². The molecule has 1 atom stereocenters. The number of rotatable bonds is 4. The number of anilines is 1. The first-order valence-corrected chi connectivity index (χ1v) is 7.92. The maximum atomic E-state index is 12.8. The lowest BCUT2D eigenvalue weighted by atomic mass is 9.96. The number of ether oxygens (including phenoxy) is 1. The van der Waals surface area contributed by atoms with E-state index in [0.29, 0.717) is 17.7 Å². The van der Waals surface area contributed by atoms with Gasteiger partial charge in [-0.05, 0) is 23.8 Å². The Bertz CT molecular complexity index is 804. The molecule has 2 aromatic rings. The summed E-state index contributed by atoms with van der Waals surface area (Å²) in [6.07, 6.45) is 0.380. The van der Waals surface area contributed by atoms with Gasteiger partial charge in [-0.1, -0.05) is 36.4 Å². The van der Waals surface area contributed by atoms with Crippen LogP contribution in [0.15, 0.2) is 54.6 Å². The van der Waals surface area contributed by atoms with Crippen molar-refractivity contribution < 1.29 is 19.1 Å². The summed E-state index contributed by atoms with van der Waals surface area (Å²) < 4.78 is 4.68. The minimum absolute atomic E-state index is 0.190. The molecule has 2 amide bonds. The van der Waals surface area contributed by atoms with Crippen molar-refractivity contribution in [2.75, 3.05) is 18.6 Å². The average Bonchev–Trinajstić information content (AvgIpc) is 2.65. The first-order chi connectivity index (χ1) is 12.1. The molecular formula is C19H18N2O4. The molecule has 2 aromatic carbocycles. The second-order valence-electron chi connectivity index (χ2n) is 5.73. The van der Waals surface area contributed by atoms with Crippen molar-refractivity contribution in [1.82, 2.24) is 5.32 Å². The second kappa shape index (κ2) is 7.17. The number of amides is 2. The van der Waals surface area contributed by atoms with Gasteiger partial charge in [0.1, 0.15) is 12.6 Å². The maximum Gasteiger partial charge on any atom is 0.325 e. The van der Waals surface area contributed by atoms with Crippen LogP contribution in [-0.4, -0.2) is 37.5 Å². The SMILES string of the molecule is COC(=O)CN1C(=O)C(NC(=O)c2ccccc2)Cc2ccccc21. The van der Waals surface area contributed by atoms with Gasteiger partial charge >= 0.3 is 5.97 Å². The molecule has 0 saturated carbocycles. The van der Waals surface area contributed by atoms with Crippen molar-refractivity contribution in [3.05, 3.63) is 65.7 Å². The highest BCUT2D eigenvalue weighted by Crippen LogP contribution is 2.27. The fourth-order valence-corrected chi connectivity index (χ4v) is 2.86. The molecule has 1 unspecified atom stereocenters. The van der Waals surface area contributed by atoms with Gasteiger partial charge in [0.25, 0.3) is 5.91 Å². The van der Waals surface area contributed by atoms with E-state index in [9.17, 15) is 14.4 Å². The van der Waals surface area contributed by atoms with Gasteiger partial charge in [0.15, 0.2) is 0 Å². The molecule has 6 nitrogen and oxygen atoms in total. The van der Waals surface area contributed by atoms with E-state index in [1.165, 1.54) is 12.0 Å². The monoisotopic (exact) mass is 338 g/mol. The molecule has 0 aromatic heterocycles. The van der Waals surface area contributed by atoms with E-state index in [-0.39, 0.29) is 18.4 Å². The summed E-state index contributed by atoms with van der Waals surface area (Å²) in [6, 6.07) is 15.3. The van der Waals surface area contributed by atoms with Crippen LogP contribution in [0, 0.1) is 0 Å². The predicted octanol–water partition coefficient (Wildman–Crippen LogP) is 1.55. The van der Waals surface area contributed by atoms with E-state index < -0.39 is 12.0 Å². The molecule has 0 bridgehead atoms. The van der Waals surface area contributed by atoms with Gasteiger partial charge in [-0.15, -0.1) is 0 Å². The molecule has 3 rings (SSSR count). The van der Waals surface area contributed by atoms with Crippen LogP contribution in [0.5, 0.6) is 0 Å². The number of esters is 1. The number of nitrogens with zero attached hydrogens (tertiary/aromatic N) is 1. The molecule has 6 heteroatoms. The first kappa shape index (κ1) is 16.7. The van der Waals surface area contributed by atoms with Crippen LogP contribution in [0.4, 0.5) is 5.69 Å². The zero-order chi connectivity index (χ0) is 17.8. The summed E-state index contributed by atoms with van der Waals surface area (Å²) in [6.45, 7) is -0.190. The molecule has 128 valence electrons. The highest BCUT2D eigenvalue weighted by Gasteiger charge is 2.34. The third-order valence-electron chi connectivity index (χ3n) is 4.13. The lowest BCUT2D eigenvalue weighted by Crippen LogP contribution is -2.54. The van der Waals surface area contributed by atoms with Gasteiger partial charge < -0.3 is 10.1 Å². The van der Waals surface area contributed by atoms with Gasteiger partial charge in [0.05, 0.1) is 7.11 Å². The van der Waals surface area contributed by atoms with Crippen LogP contribution in [0.25, 0.3) is 0 Å². The molecule has 0 radical (unpaired) electrons. The van der Waals surface area contributed by atoms with Crippen LogP contribution in [-0.2, 0) is 20.7 Å². The van der Waals surface area contributed by atoms with Crippen LogP contribution in [0.3, 0.4) is 0 Å². The quantitative estimate of drug-likeness (QED) is 0.858. The number of hydrogen-bond acceptors (Lipinski definition) is 4. The summed E-state index contributed by atoms with van der Waals surface area (Å²) >= 11 is 0. The van der Waals surface area contributed by atoms with Crippen molar-refractivity contribution in [3.8, 4) is 0 Å². The molecular weight excluding hydrogens is 320 g/mol. The molecule has 0 aliphatic carbocycles. The molecule has 1 aliphatic heterocycles. The van der Waals surface area contributed by atoms with E-state index in [0.717, 1.165) is 5.56 Å². The average molecular weight is 338 g/mol. The fraction of sp³-hybridized carbons (Fsp3) is 0.211. The minimum Gasteiger partial charge on any atom is -0.468 e. The smallest absolute Gasteiger partial charge is 0.325 e. The first-order valence-electron chi connectivity index (χ1n) is 7.92. The van der Waals surface area contributed by atoms with Gasteiger partial charge in [-0.25, -0.2) is 0 Å². The zero-order valence-corrected chi connectivity index (χ0v) is 13.8. The Morgan fingerprint density at radius 3 is 2.52 bits per heavy atom. The number of nitrogens with one attached hydrogen (secondary N) is 1. The van der Waals surface area contributed by atoms with E-state index in [1.54, 1.807) is 36.4 Å². The lowest BCUT2D eigenvalue weighted by Gasteiger charge is -2.33. The third-order valence-corrected chi connectivity index (χ3v) is 4.13. The fourth-order valence-electron chi connectivity index (χ4n) is 2.86. The lowest BCUT2D eigenvalue weighted by molar-refractivity contribution is -0.140. The normalized spacial score (nSPS) is 16.1. The van der Waals surface area contributed by atoms with Crippen LogP contribution in [0.2, 0.25) is 0 Å². The van der Waals surface area contributed by atoms with E-state index in [1.807, 2.05) is 18.2 Å². The maximum absolute atomic E-state index is 12.8. The van der Waals surface area contributed by atoms with Gasteiger partial charge in [0, 0.05) is 17.7 Å². The van der Waals surface area contributed by atoms with Crippen LogP contribution < -0.4 is 10.2 Å². The number of benzene rings is 2. The highest BCUT2D eigenvalue weighted by molar-refractivity contribution is 6.06. The number of fused-ring (bicyclic) bond motifs is 1. The Morgan fingerprint density at radius 1 is 1.12 bits per heavy atom. The number of carbonyl (C=O) groups excluding carboxylic acids is 3. The molecule has 0 spiro atoms. The Morgan fingerprint density at radius 2 is 1.80 bits per heavy atom. The summed E-state index contributed by atoms with van der Waals surface area (Å²) in [5.41, 5.74) is 2.04. The number of carbonyl (C=O) groups is 3. The Kier molecular flexibility index (Phi) is 4.79. The van der Waals surface area contributed by atoms with Crippen molar-refractivity contribution in [2.24, 2.45) is 0 Å². The number of para-hydroxylation sites is 1. The number of hydrogen-bond donors (Lipinski definition) is 1. The summed E-state index contributed by atoms with van der Waals surface area (Å²) in [4.78, 5) is 38.2. The molecule has 1 N–H and O–H groups in total. The standard InChI is InChI=1S/C19H18N2O4/c1-25-17(22)12-21-16-10-6-5-9-14(16)11-15(19(21)24)20-18(23)13-7-3-2-4-8-13/h2-10,15H,11-12H2,1H3,(H,20,23). The summed E-state index contributed by atoms with van der Waals surface area (Å²) in [5, 5.41) is 2.76. The van der Waals surface area contributed by atoms with E-state index in [2.05, 4.69) is 10.1 Å². The largest absolute Gasteiger partial charge is 0.468 e. The highest BCUT2D eigenvalue weighted by atomic mass is 16.5. The van der Waals surface area contributed by atoms with E-state index in [4.69, 9.17) is 0 Å². The Labute approximate surface area is 145 Å². The van der Waals surface area contributed by atoms with Crippen LogP contribution >= 0.6 is 0 Å². The summed E-state index contributed by atoms with van der Waals surface area (Å²) in [7, 11) is 1.28.